The van der Waals surface area contributed by atoms with Gasteiger partial charge in [0, 0.05) is 28.2 Å². The summed E-state index contributed by atoms with van der Waals surface area (Å²) in [5, 5.41) is 6.12. The van der Waals surface area contributed by atoms with Crippen LogP contribution >= 0.6 is 27.7 Å². The van der Waals surface area contributed by atoms with E-state index in [0.717, 1.165) is 28.2 Å². The summed E-state index contributed by atoms with van der Waals surface area (Å²) in [6.07, 6.45) is 0. The fourth-order valence-corrected chi connectivity index (χ4v) is 2.86. The van der Waals surface area contributed by atoms with Gasteiger partial charge in [0.1, 0.15) is 0 Å². The second-order valence-corrected chi connectivity index (χ2v) is 5.65. The molecule has 1 unspecified atom stereocenters. The molecule has 5 heteroatoms. The van der Waals surface area contributed by atoms with Crippen LogP contribution in [0.4, 0.5) is 5.69 Å². The van der Waals surface area contributed by atoms with Crippen molar-refractivity contribution >= 4 is 39.3 Å². The van der Waals surface area contributed by atoms with E-state index in [1.165, 1.54) is 0 Å². The average molecular weight is 301 g/mol. The van der Waals surface area contributed by atoms with Crippen molar-refractivity contribution in [2.75, 3.05) is 23.4 Å². The van der Waals surface area contributed by atoms with Gasteiger partial charge in [-0.2, -0.15) is 11.8 Å². The zero-order valence-electron chi connectivity index (χ0n) is 8.70. The highest BCUT2D eigenvalue weighted by Gasteiger charge is 2.20. The Balaban J connectivity index is 1.96. The lowest BCUT2D eigenvalue weighted by atomic mass is 10.2. The van der Waals surface area contributed by atoms with Gasteiger partial charge in [-0.15, -0.1) is 0 Å². The molecule has 1 heterocycles. The molecule has 0 radical (unpaired) electrons. The van der Waals surface area contributed by atoms with Crippen LogP contribution < -0.4 is 10.6 Å². The van der Waals surface area contributed by atoms with Gasteiger partial charge in [-0.3, -0.25) is 4.79 Å². The topological polar surface area (TPSA) is 41.1 Å². The van der Waals surface area contributed by atoms with E-state index in [9.17, 15) is 4.79 Å². The Morgan fingerprint density at radius 1 is 1.56 bits per heavy atom. The molecule has 2 N–H and O–H groups in total. The Hall–Kier alpha value is -0.520. The number of thioether (sulfide) groups is 1. The number of hydrogen-bond donors (Lipinski definition) is 2. The van der Waals surface area contributed by atoms with Crippen molar-refractivity contribution in [2.24, 2.45) is 0 Å². The van der Waals surface area contributed by atoms with E-state index in [0.29, 0.717) is 0 Å². The molecular weight excluding hydrogens is 288 g/mol. The van der Waals surface area contributed by atoms with Crippen LogP contribution in [0.3, 0.4) is 0 Å². The predicted octanol–water partition coefficient (Wildman–Crippen LogP) is 2.09. The molecule has 1 aromatic carbocycles. The summed E-state index contributed by atoms with van der Waals surface area (Å²) in [4.78, 5) is 11.9. The van der Waals surface area contributed by atoms with Crippen molar-refractivity contribution in [3.05, 3.63) is 28.7 Å². The number of benzene rings is 1. The third-order valence-electron chi connectivity index (χ3n) is 2.33. The van der Waals surface area contributed by atoms with Crippen LogP contribution in [0.15, 0.2) is 28.7 Å². The first-order valence-electron chi connectivity index (χ1n) is 5.13. The van der Waals surface area contributed by atoms with Gasteiger partial charge in [0.2, 0.25) is 5.91 Å². The van der Waals surface area contributed by atoms with Crippen LogP contribution in [-0.2, 0) is 4.79 Å². The van der Waals surface area contributed by atoms with Gasteiger partial charge >= 0.3 is 0 Å². The highest BCUT2D eigenvalue weighted by molar-refractivity contribution is 9.10. The molecule has 0 spiro atoms. The normalized spacial score (nSPS) is 20.4. The molecule has 1 fully saturated rings. The SMILES string of the molecule is O=C(Nc1cccc(Br)c1)C1CSCCN1. The van der Waals surface area contributed by atoms with E-state index in [1.807, 2.05) is 36.0 Å². The standard InChI is InChI=1S/C11H13BrN2OS/c12-8-2-1-3-9(6-8)14-11(15)10-7-16-5-4-13-10/h1-3,6,10,13H,4-5,7H2,(H,14,15). The van der Waals surface area contributed by atoms with Crippen LogP contribution in [0.5, 0.6) is 0 Å². The Bertz CT molecular complexity index is 380. The highest BCUT2D eigenvalue weighted by Crippen LogP contribution is 2.16. The maximum absolute atomic E-state index is 11.9. The van der Waals surface area contributed by atoms with E-state index < -0.39 is 0 Å². The number of carbonyl (C=O) groups excluding carboxylic acids is 1. The highest BCUT2D eigenvalue weighted by atomic mass is 79.9. The summed E-state index contributed by atoms with van der Waals surface area (Å²) >= 11 is 5.19. The Kier molecular flexibility index (Phi) is 4.26. The average Bonchev–Trinajstić information content (AvgIpc) is 2.30. The second-order valence-electron chi connectivity index (χ2n) is 3.58. The van der Waals surface area contributed by atoms with Gasteiger partial charge in [-0.05, 0) is 18.2 Å². The monoisotopic (exact) mass is 300 g/mol. The number of halogens is 1. The summed E-state index contributed by atoms with van der Waals surface area (Å²) in [7, 11) is 0. The van der Waals surface area contributed by atoms with Crippen molar-refractivity contribution in [1.29, 1.82) is 0 Å². The van der Waals surface area contributed by atoms with Crippen molar-refractivity contribution in [3.8, 4) is 0 Å². The second kappa shape index (κ2) is 5.70. The fourth-order valence-electron chi connectivity index (χ4n) is 1.53. The minimum absolute atomic E-state index is 0.0466. The smallest absolute Gasteiger partial charge is 0.242 e. The molecule has 3 nitrogen and oxygen atoms in total. The molecule has 1 aliphatic rings. The molecule has 0 aliphatic carbocycles. The number of anilines is 1. The summed E-state index contributed by atoms with van der Waals surface area (Å²) in [5.74, 6) is 1.98. The minimum atomic E-state index is -0.0715. The van der Waals surface area contributed by atoms with Crippen LogP contribution in [0.2, 0.25) is 0 Å². The minimum Gasteiger partial charge on any atom is -0.325 e. The van der Waals surface area contributed by atoms with Gasteiger partial charge in [0.25, 0.3) is 0 Å². The Labute approximate surface area is 108 Å². The Morgan fingerprint density at radius 3 is 3.12 bits per heavy atom. The number of nitrogens with one attached hydrogen (secondary N) is 2. The lowest BCUT2D eigenvalue weighted by molar-refractivity contribution is -0.117. The molecule has 0 saturated carbocycles. The first-order chi connectivity index (χ1) is 7.75. The van der Waals surface area contributed by atoms with Gasteiger partial charge < -0.3 is 10.6 Å². The zero-order chi connectivity index (χ0) is 11.4. The van der Waals surface area contributed by atoms with Crippen LogP contribution in [0, 0.1) is 0 Å². The molecule has 1 saturated heterocycles. The number of rotatable bonds is 2. The van der Waals surface area contributed by atoms with Crippen molar-refractivity contribution in [3.63, 3.8) is 0 Å². The maximum atomic E-state index is 11.9. The van der Waals surface area contributed by atoms with E-state index in [4.69, 9.17) is 0 Å². The summed E-state index contributed by atoms with van der Waals surface area (Å²) < 4.78 is 0.969. The molecule has 0 bridgehead atoms. The summed E-state index contributed by atoms with van der Waals surface area (Å²) in [6.45, 7) is 0.904. The number of hydrogen-bond acceptors (Lipinski definition) is 3. The van der Waals surface area contributed by atoms with Crippen LogP contribution in [0.25, 0.3) is 0 Å². The van der Waals surface area contributed by atoms with Gasteiger partial charge in [0.05, 0.1) is 6.04 Å². The van der Waals surface area contributed by atoms with Crippen molar-refractivity contribution in [1.82, 2.24) is 5.32 Å². The van der Waals surface area contributed by atoms with Crippen molar-refractivity contribution < 1.29 is 4.79 Å². The maximum Gasteiger partial charge on any atom is 0.242 e. The molecule has 1 amide bonds. The van der Waals surface area contributed by atoms with E-state index in [-0.39, 0.29) is 11.9 Å². The van der Waals surface area contributed by atoms with E-state index >= 15 is 0 Å². The van der Waals surface area contributed by atoms with Gasteiger partial charge in [-0.1, -0.05) is 22.0 Å². The van der Waals surface area contributed by atoms with E-state index in [2.05, 4.69) is 26.6 Å². The number of carbonyl (C=O) groups is 1. The fraction of sp³-hybridized carbons (Fsp3) is 0.364. The molecular formula is C11H13BrN2OS. The molecule has 0 aromatic heterocycles. The molecule has 2 rings (SSSR count). The summed E-state index contributed by atoms with van der Waals surface area (Å²) in [5.41, 5.74) is 0.830. The van der Waals surface area contributed by atoms with Crippen LogP contribution in [0.1, 0.15) is 0 Å². The van der Waals surface area contributed by atoms with Crippen LogP contribution in [-0.4, -0.2) is 30.0 Å². The lowest BCUT2D eigenvalue weighted by Gasteiger charge is -2.22. The molecule has 1 aromatic rings. The first kappa shape index (κ1) is 12.0. The molecule has 86 valence electrons. The van der Waals surface area contributed by atoms with Gasteiger partial charge in [0.15, 0.2) is 0 Å². The largest absolute Gasteiger partial charge is 0.325 e. The molecule has 16 heavy (non-hydrogen) atoms. The first-order valence-corrected chi connectivity index (χ1v) is 7.08. The third-order valence-corrected chi connectivity index (χ3v) is 3.89. The molecule has 1 aliphatic heterocycles. The Morgan fingerprint density at radius 2 is 2.44 bits per heavy atom. The van der Waals surface area contributed by atoms with E-state index in [1.54, 1.807) is 0 Å². The predicted molar refractivity (Wildman–Crippen MR) is 71.9 cm³/mol. The van der Waals surface area contributed by atoms with Gasteiger partial charge in [-0.25, -0.2) is 0 Å². The summed E-state index contributed by atoms with van der Waals surface area (Å²) in [6, 6.07) is 7.55. The quantitative estimate of drug-likeness (QED) is 0.879. The molecule has 1 atom stereocenters. The number of amides is 1. The van der Waals surface area contributed by atoms with Crippen molar-refractivity contribution in [2.45, 2.75) is 6.04 Å². The zero-order valence-corrected chi connectivity index (χ0v) is 11.1. The third kappa shape index (κ3) is 3.23. The lowest BCUT2D eigenvalue weighted by Crippen LogP contribution is -2.46.